The minimum absolute atomic E-state index is 0.0465. The standard InChI is InChI=1S/C27H41N3O6/c1-5-34-24(31)21-17(3)28-18(4)22(25(32)35-6-2)23(21)26(33)36-27(29-19-13-9-7-10-14-19)30-20-15-11-8-12-16-20/h19-20,23,28H,5-16H2,1-4H3,(H,29,30). The van der Waals surface area contributed by atoms with Crippen molar-refractivity contribution in [2.45, 2.75) is 104 Å². The summed E-state index contributed by atoms with van der Waals surface area (Å²) in [4.78, 5) is 44.4. The number of hydrogen-bond donors (Lipinski definition) is 2. The van der Waals surface area contributed by atoms with Crippen molar-refractivity contribution in [2.75, 3.05) is 13.2 Å². The van der Waals surface area contributed by atoms with Gasteiger partial charge in [-0.25, -0.2) is 14.6 Å². The predicted octanol–water partition coefficient (Wildman–Crippen LogP) is 4.03. The molecule has 0 atom stereocenters. The van der Waals surface area contributed by atoms with E-state index in [2.05, 4.69) is 10.6 Å². The van der Waals surface area contributed by atoms with Crippen LogP contribution in [0.3, 0.4) is 0 Å². The molecular weight excluding hydrogens is 462 g/mol. The zero-order valence-corrected chi connectivity index (χ0v) is 22.1. The van der Waals surface area contributed by atoms with Crippen LogP contribution in [0.25, 0.3) is 0 Å². The van der Waals surface area contributed by atoms with E-state index >= 15 is 0 Å². The molecule has 0 amide bonds. The number of nitrogens with one attached hydrogen (secondary N) is 2. The lowest BCUT2D eigenvalue weighted by Gasteiger charge is -2.30. The molecule has 2 aliphatic carbocycles. The monoisotopic (exact) mass is 503 g/mol. The SMILES string of the molecule is CCOC(=O)C1=C(C)NC(C)=C(C(=O)OCC)C1C(=O)OC(=NC1CCCCC1)NC1CCCCC1. The molecule has 3 rings (SSSR count). The van der Waals surface area contributed by atoms with Crippen molar-refractivity contribution in [1.82, 2.24) is 10.6 Å². The van der Waals surface area contributed by atoms with E-state index < -0.39 is 23.8 Å². The van der Waals surface area contributed by atoms with E-state index in [1.165, 1.54) is 12.8 Å². The van der Waals surface area contributed by atoms with Crippen LogP contribution >= 0.6 is 0 Å². The Morgan fingerprint density at radius 3 is 1.83 bits per heavy atom. The van der Waals surface area contributed by atoms with Gasteiger partial charge in [-0.2, -0.15) is 0 Å². The maximum Gasteiger partial charge on any atom is 0.337 e. The van der Waals surface area contributed by atoms with Crippen LogP contribution in [-0.2, 0) is 28.6 Å². The lowest BCUT2D eigenvalue weighted by atomic mass is 9.85. The highest BCUT2D eigenvalue weighted by atomic mass is 16.6. The average molecular weight is 504 g/mol. The molecule has 1 heterocycles. The van der Waals surface area contributed by atoms with Crippen LogP contribution in [0.5, 0.6) is 0 Å². The van der Waals surface area contributed by atoms with Gasteiger partial charge in [0.05, 0.1) is 30.4 Å². The van der Waals surface area contributed by atoms with Gasteiger partial charge in [0.25, 0.3) is 6.02 Å². The third-order valence-corrected chi connectivity index (χ3v) is 6.99. The minimum atomic E-state index is -1.28. The van der Waals surface area contributed by atoms with E-state index in [4.69, 9.17) is 19.2 Å². The number of hydrogen-bond acceptors (Lipinski definition) is 8. The van der Waals surface area contributed by atoms with E-state index in [1.807, 2.05) is 0 Å². The number of aliphatic imine (C=N–C) groups is 1. The van der Waals surface area contributed by atoms with Gasteiger partial charge in [0, 0.05) is 17.4 Å². The van der Waals surface area contributed by atoms with E-state index in [0.717, 1.165) is 51.4 Å². The summed E-state index contributed by atoms with van der Waals surface area (Å²) in [5.41, 5.74) is 0.967. The van der Waals surface area contributed by atoms with Crippen molar-refractivity contribution < 1.29 is 28.6 Å². The molecule has 200 valence electrons. The summed E-state index contributed by atoms with van der Waals surface area (Å²) in [5, 5.41) is 6.39. The molecule has 0 aromatic carbocycles. The Morgan fingerprint density at radius 2 is 1.33 bits per heavy atom. The fourth-order valence-electron chi connectivity index (χ4n) is 5.23. The van der Waals surface area contributed by atoms with Gasteiger partial charge in [0.1, 0.15) is 5.92 Å². The second kappa shape index (κ2) is 13.5. The molecule has 0 saturated heterocycles. The number of esters is 3. The fourth-order valence-corrected chi connectivity index (χ4v) is 5.23. The van der Waals surface area contributed by atoms with Crippen LogP contribution in [0.4, 0.5) is 0 Å². The second-order valence-electron chi connectivity index (χ2n) is 9.70. The first-order valence-corrected chi connectivity index (χ1v) is 13.4. The highest BCUT2D eigenvalue weighted by Gasteiger charge is 2.43. The van der Waals surface area contributed by atoms with Crippen molar-refractivity contribution >= 4 is 23.9 Å². The van der Waals surface area contributed by atoms with E-state index in [0.29, 0.717) is 11.4 Å². The fraction of sp³-hybridized carbons (Fsp3) is 0.704. The van der Waals surface area contributed by atoms with Gasteiger partial charge in [-0.3, -0.25) is 4.79 Å². The Morgan fingerprint density at radius 1 is 0.833 bits per heavy atom. The van der Waals surface area contributed by atoms with Crippen molar-refractivity contribution in [2.24, 2.45) is 10.9 Å². The number of nitrogens with zero attached hydrogens (tertiary/aromatic N) is 1. The van der Waals surface area contributed by atoms with Crippen LogP contribution in [0.2, 0.25) is 0 Å². The maximum atomic E-state index is 13.8. The third-order valence-electron chi connectivity index (χ3n) is 6.99. The normalized spacial score (nSPS) is 20.6. The van der Waals surface area contributed by atoms with Crippen molar-refractivity contribution in [1.29, 1.82) is 0 Å². The first kappa shape index (κ1) is 27.7. The first-order valence-electron chi connectivity index (χ1n) is 13.4. The number of allylic oxidation sites excluding steroid dienone is 2. The van der Waals surface area contributed by atoms with Gasteiger partial charge >= 0.3 is 17.9 Å². The summed E-state index contributed by atoms with van der Waals surface area (Å²) in [7, 11) is 0. The van der Waals surface area contributed by atoms with Gasteiger partial charge in [0.15, 0.2) is 0 Å². The van der Waals surface area contributed by atoms with Crippen LogP contribution in [0.1, 0.15) is 91.9 Å². The van der Waals surface area contributed by atoms with Gasteiger partial charge in [0.2, 0.25) is 0 Å². The summed E-state index contributed by atoms with van der Waals surface area (Å²) in [6.45, 7) is 6.99. The minimum Gasteiger partial charge on any atom is -0.463 e. The van der Waals surface area contributed by atoms with Crippen molar-refractivity contribution in [3.05, 3.63) is 22.5 Å². The van der Waals surface area contributed by atoms with Gasteiger partial charge in [-0.15, -0.1) is 0 Å². The average Bonchev–Trinajstić information content (AvgIpc) is 2.85. The molecule has 3 aliphatic rings. The Balaban J connectivity index is 1.94. The number of carbonyl (C=O) groups is 3. The molecule has 2 N–H and O–H groups in total. The Labute approximate surface area is 214 Å². The summed E-state index contributed by atoms with van der Waals surface area (Å²) in [6, 6.07) is 0.429. The summed E-state index contributed by atoms with van der Waals surface area (Å²) in [6.07, 6.45) is 10.6. The van der Waals surface area contributed by atoms with Gasteiger partial charge in [-0.05, 0) is 53.4 Å². The number of dihydropyridines is 1. The molecule has 0 spiro atoms. The topological polar surface area (TPSA) is 115 Å². The molecule has 1 aliphatic heterocycles. The third kappa shape index (κ3) is 7.11. The molecule has 0 radical (unpaired) electrons. The lowest BCUT2D eigenvalue weighted by Crippen LogP contribution is -2.43. The maximum absolute atomic E-state index is 13.8. The number of rotatable bonds is 7. The van der Waals surface area contributed by atoms with Crippen LogP contribution in [0.15, 0.2) is 27.5 Å². The Kier molecular flexibility index (Phi) is 10.4. The predicted molar refractivity (Wildman–Crippen MR) is 136 cm³/mol. The number of amidine groups is 1. The molecular formula is C27H41N3O6. The number of ether oxygens (including phenoxy) is 3. The Bertz CT molecular complexity index is 870. The van der Waals surface area contributed by atoms with E-state index in [9.17, 15) is 14.4 Å². The highest BCUT2D eigenvalue weighted by molar-refractivity contribution is 6.07. The zero-order valence-electron chi connectivity index (χ0n) is 22.1. The van der Waals surface area contributed by atoms with E-state index in [1.54, 1.807) is 27.7 Å². The zero-order chi connectivity index (χ0) is 26.1. The molecule has 2 fully saturated rings. The Hall–Kier alpha value is -2.84. The molecule has 2 saturated carbocycles. The molecule has 0 bridgehead atoms. The summed E-state index contributed by atoms with van der Waals surface area (Å²) >= 11 is 0. The molecule has 0 aromatic rings. The molecule has 0 aromatic heterocycles. The molecule has 0 unspecified atom stereocenters. The van der Waals surface area contributed by atoms with Crippen LogP contribution < -0.4 is 10.6 Å². The van der Waals surface area contributed by atoms with Crippen LogP contribution in [0, 0.1) is 5.92 Å². The second-order valence-corrected chi connectivity index (χ2v) is 9.70. The molecule has 9 nitrogen and oxygen atoms in total. The van der Waals surface area contributed by atoms with Crippen molar-refractivity contribution in [3.63, 3.8) is 0 Å². The van der Waals surface area contributed by atoms with E-state index in [-0.39, 0.29) is 42.5 Å². The molecule has 36 heavy (non-hydrogen) atoms. The highest BCUT2D eigenvalue weighted by Crippen LogP contribution is 2.33. The summed E-state index contributed by atoms with van der Waals surface area (Å²) in [5.74, 6) is -3.39. The van der Waals surface area contributed by atoms with Gasteiger partial charge < -0.3 is 24.8 Å². The lowest BCUT2D eigenvalue weighted by molar-refractivity contribution is -0.147. The van der Waals surface area contributed by atoms with Crippen molar-refractivity contribution in [3.8, 4) is 0 Å². The number of carbonyl (C=O) groups excluding carboxylic acids is 3. The summed E-state index contributed by atoms with van der Waals surface area (Å²) < 4.78 is 16.4. The van der Waals surface area contributed by atoms with Gasteiger partial charge in [-0.1, -0.05) is 38.5 Å². The van der Waals surface area contributed by atoms with Crippen LogP contribution in [-0.4, -0.2) is 49.2 Å². The smallest absolute Gasteiger partial charge is 0.337 e. The largest absolute Gasteiger partial charge is 0.463 e. The quantitative estimate of drug-likeness (QED) is 0.232. The first-order chi connectivity index (χ1) is 17.3. The molecule has 9 heteroatoms.